The Labute approximate surface area is 104 Å². The van der Waals surface area contributed by atoms with Gasteiger partial charge in [-0.3, -0.25) is 0 Å². The van der Waals surface area contributed by atoms with E-state index in [0.29, 0.717) is 0 Å². The number of hydrogen-bond donors (Lipinski definition) is 2. The average molecular weight is 242 g/mol. The van der Waals surface area contributed by atoms with Gasteiger partial charge in [0.1, 0.15) is 5.60 Å². The molecule has 0 unspecified atom stereocenters. The zero-order chi connectivity index (χ0) is 10.6. The van der Waals surface area contributed by atoms with Crippen LogP contribution in [0.15, 0.2) is 11.6 Å². The minimum Gasteiger partial charge on any atom is -0.377 e. The number of aliphatic hydroxyl groups is 1. The van der Waals surface area contributed by atoms with Gasteiger partial charge in [-0.1, -0.05) is 17.9 Å². The summed E-state index contributed by atoms with van der Waals surface area (Å²) in [7, 11) is 0. The fourth-order valence-electron chi connectivity index (χ4n) is 2.11. The third-order valence-electron chi connectivity index (χ3n) is 3.18. The van der Waals surface area contributed by atoms with Crippen LogP contribution in [0.25, 0.3) is 0 Å². The summed E-state index contributed by atoms with van der Waals surface area (Å²) in [6, 6.07) is 0. The molecule has 0 atom stereocenters. The van der Waals surface area contributed by atoms with Gasteiger partial charge >= 0.3 is 0 Å². The van der Waals surface area contributed by atoms with Crippen molar-refractivity contribution in [3.63, 3.8) is 0 Å². The van der Waals surface area contributed by atoms with Crippen LogP contribution in [0.4, 0.5) is 0 Å². The van der Waals surface area contributed by atoms with E-state index in [2.05, 4.69) is 23.2 Å². The van der Waals surface area contributed by atoms with Crippen molar-refractivity contribution < 1.29 is 5.11 Å². The molecule has 1 fully saturated rings. The predicted molar refractivity (Wildman–Crippen MR) is 68.6 cm³/mol. The van der Waals surface area contributed by atoms with Gasteiger partial charge < -0.3 is 10.4 Å². The van der Waals surface area contributed by atoms with Crippen LogP contribution in [0, 0.1) is 11.8 Å². The Balaban J connectivity index is 0.00000128. The molecule has 1 heterocycles. The van der Waals surface area contributed by atoms with Crippen molar-refractivity contribution in [3.8, 4) is 11.8 Å². The number of piperidine rings is 1. The van der Waals surface area contributed by atoms with E-state index in [0.717, 1.165) is 38.8 Å². The molecule has 0 aromatic rings. The molecule has 0 aromatic heterocycles. The third kappa shape index (κ3) is 3.83. The molecule has 0 radical (unpaired) electrons. The van der Waals surface area contributed by atoms with E-state index in [9.17, 15) is 5.11 Å². The fourth-order valence-corrected chi connectivity index (χ4v) is 2.11. The quantitative estimate of drug-likeness (QED) is 0.636. The summed E-state index contributed by atoms with van der Waals surface area (Å²) in [6.07, 6.45) is 8.53. The molecule has 90 valence electrons. The molecule has 3 heteroatoms. The Morgan fingerprint density at radius 1 is 1.25 bits per heavy atom. The van der Waals surface area contributed by atoms with E-state index in [4.69, 9.17) is 0 Å². The minimum absolute atomic E-state index is 0. The van der Waals surface area contributed by atoms with E-state index in [1.807, 2.05) is 0 Å². The van der Waals surface area contributed by atoms with Gasteiger partial charge in [0.15, 0.2) is 0 Å². The van der Waals surface area contributed by atoms with E-state index < -0.39 is 5.60 Å². The molecule has 16 heavy (non-hydrogen) atoms. The molecule has 0 saturated carbocycles. The number of nitrogens with one attached hydrogen (secondary N) is 1. The SMILES string of the molecule is Cl.OC1(C#CC2=CCCCC2)CCNCC1. The first-order valence-electron chi connectivity index (χ1n) is 5.94. The van der Waals surface area contributed by atoms with Gasteiger partial charge in [-0.2, -0.15) is 0 Å². The highest BCUT2D eigenvalue weighted by Gasteiger charge is 2.26. The van der Waals surface area contributed by atoms with Crippen LogP contribution in [0.2, 0.25) is 0 Å². The summed E-state index contributed by atoms with van der Waals surface area (Å²) < 4.78 is 0. The molecule has 2 nitrogen and oxygen atoms in total. The van der Waals surface area contributed by atoms with Gasteiger partial charge in [-0.15, -0.1) is 12.4 Å². The highest BCUT2D eigenvalue weighted by atomic mass is 35.5. The second-order valence-corrected chi connectivity index (χ2v) is 4.51. The molecule has 2 N–H and O–H groups in total. The van der Waals surface area contributed by atoms with Crippen molar-refractivity contribution in [1.29, 1.82) is 0 Å². The maximum Gasteiger partial charge on any atom is 0.128 e. The van der Waals surface area contributed by atoms with Gasteiger partial charge in [0, 0.05) is 0 Å². The molecular formula is C13H20ClNO. The Morgan fingerprint density at radius 3 is 2.62 bits per heavy atom. The second kappa shape index (κ2) is 6.30. The number of allylic oxidation sites excluding steroid dienone is 2. The van der Waals surface area contributed by atoms with Crippen LogP contribution in [0.1, 0.15) is 38.5 Å². The Hall–Kier alpha value is -0.490. The standard InChI is InChI=1S/C13H19NO.ClH/c15-13(8-10-14-11-9-13)7-6-12-4-2-1-3-5-12;/h4,14-15H,1-3,5,8-11H2;1H. The number of halogens is 1. The first-order chi connectivity index (χ1) is 7.29. The third-order valence-corrected chi connectivity index (χ3v) is 3.18. The summed E-state index contributed by atoms with van der Waals surface area (Å²) in [5.74, 6) is 6.23. The molecule has 2 aliphatic rings. The van der Waals surface area contributed by atoms with Crippen LogP contribution in [-0.2, 0) is 0 Å². The molecule has 0 amide bonds. The lowest BCUT2D eigenvalue weighted by molar-refractivity contribution is 0.0679. The monoisotopic (exact) mass is 241 g/mol. The zero-order valence-electron chi connectivity index (χ0n) is 9.59. The highest BCUT2D eigenvalue weighted by molar-refractivity contribution is 5.85. The molecular weight excluding hydrogens is 222 g/mol. The number of rotatable bonds is 0. The summed E-state index contributed by atoms with van der Waals surface area (Å²) in [5.41, 5.74) is 0.497. The largest absolute Gasteiger partial charge is 0.377 e. The molecule has 1 aliphatic carbocycles. The minimum atomic E-state index is -0.733. The maximum absolute atomic E-state index is 10.2. The van der Waals surface area contributed by atoms with E-state index >= 15 is 0 Å². The first-order valence-corrected chi connectivity index (χ1v) is 5.94. The molecule has 0 aromatic carbocycles. The molecule has 1 aliphatic heterocycles. The van der Waals surface area contributed by atoms with Crippen molar-refractivity contribution in [2.45, 2.75) is 44.1 Å². The van der Waals surface area contributed by atoms with Crippen molar-refractivity contribution >= 4 is 12.4 Å². The van der Waals surface area contributed by atoms with Crippen LogP contribution >= 0.6 is 12.4 Å². The maximum atomic E-state index is 10.2. The fraction of sp³-hybridized carbons (Fsp3) is 0.692. The molecule has 0 spiro atoms. The molecule has 0 bridgehead atoms. The smallest absolute Gasteiger partial charge is 0.128 e. The van der Waals surface area contributed by atoms with Crippen LogP contribution in [0.3, 0.4) is 0 Å². The van der Waals surface area contributed by atoms with Gasteiger partial charge in [0.2, 0.25) is 0 Å². The molecule has 2 rings (SSSR count). The van der Waals surface area contributed by atoms with Crippen molar-refractivity contribution in [2.75, 3.05) is 13.1 Å². The highest BCUT2D eigenvalue weighted by Crippen LogP contribution is 2.19. The normalized spacial score (nSPS) is 23.4. The van der Waals surface area contributed by atoms with Gasteiger partial charge in [-0.05, 0) is 57.2 Å². The zero-order valence-corrected chi connectivity index (χ0v) is 10.4. The average Bonchev–Trinajstić information content (AvgIpc) is 2.29. The van der Waals surface area contributed by atoms with Crippen LogP contribution < -0.4 is 5.32 Å². The van der Waals surface area contributed by atoms with Gasteiger partial charge in [0.25, 0.3) is 0 Å². The predicted octanol–water partition coefficient (Wildman–Crippen LogP) is 2.03. The lowest BCUT2D eigenvalue weighted by Crippen LogP contribution is -2.40. The lowest BCUT2D eigenvalue weighted by Gasteiger charge is -2.27. The Morgan fingerprint density at radius 2 is 2.00 bits per heavy atom. The number of hydrogen-bond acceptors (Lipinski definition) is 2. The van der Waals surface area contributed by atoms with Crippen molar-refractivity contribution in [2.24, 2.45) is 0 Å². The van der Waals surface area contributed by atoms with Gasteiger partial charge in [0.05, 0.1) is 0 Å². The Bertz CT molecular complexity index is 308. The van der Waals surface area contributed by atoms with E-state index in [1.54, 1.807) is 0 Å². The van der Waals surface area contributed by atoms with Crippen LogP contribution in [-0.4, -0.2) is 23.8 Å². The summed E-state index contributed by atoms with van der Waals surface area (Å²) >= 11 is 0. The van der Waals surface area contributed by atoms with E-state index in [1.165, 1.54) is 18.4 Å². The summed E-state index contributed by atoms with van der Waals surface area (Å²) in [6.45, 7) is 1.76. The summed E-state index contributed by atoms with van der Waals surface area (Å²) in [4.78, 5) is 0. The van der Waals surface area contributed by atoms with Gasteiger partial charge in [-0.25, -0.2) is 0 Å². The second-order valence-electron chi connectivity index (χ2n) is 4.51. The lowest BCUT2D eigenvalue weighted by atomic mass is 9.92. The van der Waals surface area contributed by atoms with Crippen molar-refractivity contribution in [1.82, 2.24) is 5.32 Å². The van der Waals surface area contributed by atoms with E-state index in [-0.39, 0.29) is 12.4 Å². The summed E-state index contributed by atoms with van der Waals surface area (Å²) in [5, 5.41) is 13.4. The van der Waals surface area contributed by atoms with Crippen LogP contribution in [0.5, 0.6) is 0 Å². The topological polar surface area (TPSA) is 32.3 Å². The molecule has 1 saturated heterocycles. The first kappa shape index (κ1) is 13.6. The Kier molecular flexibility index (Phi) is 5.34. The van der Waals surface area contributed by atoms with Crippen molar-refractivity contribution in [3.05, 3.63) is 11.6 Å².